The molecule has 0 bridgehead atoms. The molecule has 0 radical (unpaired) electrons. The van der Waals surface area contributed by atoms with Crippen LogP contribution in [0, 0.1) is 6.92 Å². The number of carbonyl (C=O) groups excluding carboxylic acids is 1. The molecular weight excluding hydrogens is 292 g/mol. The van der Waals surface area contributed by atoms with Gasteiger partial charge < -0.3 is 4.74 Å². The number of hydrogen-bond acceptors (Lipinski definition) is 2. The minimum Gasteiger partial charge on any atom is -0.485 e. The molecule has 0 spiro atoms. The maximum atomic E-state index is 12.0. The summed E-state index contributed by atoms with van der Waals surface area (Å²) in [5, 5.41) is 0. The summed E-state index contributed by atoms with van der Waals surface area (Å²) in [6.07, 6.45) is 0. The van der Waals surface area contributed by atoms with Crippen molar-refractivity contribution in [1.82, 2.24) is 0 Å². The number of carbonyl (C=O) groups is 1. The molecule has 2 aromatic carbocycles. The summed E-state index contributed by atoms with van der Waals surface area (Å²) in [5.74, 6) is 0.680. The van der Waals surface area contributed by atoms with Gasteiger partial charge in [-0.3, -0.25) is 4.79 Å². The summed E-state index contributed by atoms with van der Waals surface area (Å²) < 4.78 is 6.41. The van der Waals surface area contributed by atoms with Crippen LogP contribution in [0.15, 0.2) is 53.0 Å². The van der Waals surface area contributed by atoms with Crippen LogP contribution in [0.1, 0.15) is 15.9 Å². The molecule has 2 aromatic rings. The number of hydrogen-bond donors (Lipinski definition) is 0. The Balaban J connectivity index is 2.03. The number of ether oxygens (including phenoxy) is 1. The zero-order valence-corrected chi connectivity index (χ0v) is 11.6. The maximum Gasteiger partial charge on any atom is 0.200 e. The van der Waals surface area contributed by atoms with E-state index in [1.54, 1.807) is 0 Å². The van der Waals surface area contributed by atoms with Crippen molar-refractivity contribution in [1.29, 1.82) is 0 Å². The van der Waals surface area contributed by atoms with Gasteiger partial charge in [-0.2, -0.15) is 0 Å². The van der Waals surface area contributed by atoms with E-state index in [2.05, 4.69) is 15.9 Å². The van der Waals surface area contributed by atoms with E-state index >= 15 is 0 Å². The third-order valence-electron chi connectivity index (χ3n) is 2.61. The molecule has 0 amide bonds. The van der Waals surface area contributed by atoms with Gasteiger partial charge >= 0.3 is 0 Å². The van der Waals surface area contributed by atoms with Gasteiger partial charge in [0.2, 0.25) is 0 Å². The van der Waals surface area contributed by atoms with Crippen molar-refractivity contribution < 1.29 is 9.53 Å². The molecule has 0 aliphatic carbocycles. The van der Waals surface area contributed by atoms with E-state index < -0.39 is 0 Å². The molecule has 0 aliphatic rings. The molecule has 2 rings (SSSR count). The average molecular weight is 305 g/mol. The molecule has 0 unspecified atom stereocenters. The second kappa shape index (κ2) is 5.83. The zero-order chi connectivity index (χ0) is 13.0. The van der Waals surface area contributed by atoms with Crippen LogP contribution in [0.3, 0.4) is 0 Å². The number of benzene rings is 2. The van der Waals surface area contributed by atoms with Crippen molar-refractivity contribution in [2.45, 2.75) is 6.92 Å². The molecular formula is C15H13BrO2. The van der Waals surface area contributed by atoms with E-state index in [9.17, 15) is 4.79 Å². The molecule has 0 atom stereocenters. The predicted molar refractivity (Wildman–Crippen MR) is 75.1 cm³/mol. The summed E-state index contributed by atoms with van der Waals surface area (Å²) in [7, 11) is 0. The van der Waals surface area contributed by atoms with Gasteiger partial charge in [-0.1, -0.05) is 46.3 Å². The molecule has 0 aliphatic heterocycles. The van der Waals surface area contributed by atoms with Crippen LogP contribution in [-0.2, 0) is 0 Å². The van der Waals surface area contributed by atoms with Crippen LogP contribution in [0.4, 0.5) is 0 Å². The highest BCUT2D eigenvalue weighted by Gasteiger charge is 2.09. The fourth-order valence-corrected chi connectivity index (χ4v) is 2.05. The minimum absolute atomic E-state index is 0.00641. The number of halogens is 1. The molecule has 0 saturated heterocycles. The first-order chi connectivity index (χ1) is 8.66. The lowest BCUT2D eigenvalue weighted by Crippen LogP contribution is -2.12. The molecule has 0 aromatic heterocycles. The van der Waals surface area contributed by atoms with Crippen LogP contribution in [0.25, 0.3) is 0 Å². The van der Waals surface area contributed by atoms with Crippen LogP contribution >= 0.6 is 15.9 Å². The van der Waals surface area contributed by atoms with Crippen molar-refractivity contribution in [3.63, 3.8) is 0 Å². The molecule has 18 heavy (non-hydrogen) atoms. The second-order valence-corrected chi connectivity index (χ2v) is 4.90. The Labute approximate surface area is 115 Å². The number of ketones is 1. The monoisotopic (exact) mass is 304 g/mol. The summed E-state index contributed by atoms with van der Waals surface area (Å²) in [4.78, 5) is 12.0. The SMILES string of the molecule is Cc1ccccc1C(=O)COc1cccc(Br)c1. The van der Waals surface area contributed by atoms with E-state index in [1.165, 1.54) is 0 Å². The zero-order valence-electron chi connectivity index (χ0n) is 10.0. The number of Topliss-reactive ketones (excluding diaryl/α,β-unsaturated/α-hetero) is 1. The maximum absolute atomic E-state index is 12.0. The minimum atomic E-state index is -0.00641. The van der Waals surface area contributed by atoms with Gasteiger partial charge in [0.05, 0.1) is 0 Å². The predicted octanol–water partition coefficient (Wildman–Crippen LogP) is 4.02. The highest BCUT2D eigenvalue weighted by atomic mass is 79.9. The van der Waals surface area contributed by atoms with Crippen molar-refractivity contribution in [2.24, 2.45) is 0 Å². The lowest BCUT2D eigenvalue weighted by Gasteiger charge is -2.07. The highest BCUT2D eigenvalue weighted by Crippen LogP contribution is 2.18. The first kappa shape index (κ1) is 12.8. The largest absolute Gasteiger partial charge is 0.485 e. The van der Waals surface area contributed by atoms with E-state index in [4.69, 9.17) is 4.74 Å². The molecule has 2 nitrogen and oxygen atoms in total. The van der Waals surface area contributed by atoms with Crippen LogP contribution in [-0.4, -0.2) is 12.4 Å². The first-order valence-corrected chi connectivity index (χ1v) is 6.43. The van der Waals surface area contributed by atoms with E-state index in [0.717, 1.165) is 10.0 Å². The standard InChI is InChI=1S/C15H13BrO2/c1-11-5-2-3-8-14(11)15(17)10-18-13-7-4-6-12(16)9-13/h2-9H,10H2,1H3. The van der Waals surface area contributed by atoms with Gasteiger partial charge in [-0.05, 0) is 30.7 Å². The average Bonchev–Trinajstić information content (AvgIpc) is 2.37. The van der Waals surface area contributed by atoms with Gasteiger partial charge in [0.25, 0.3) is 0 Å². The summed E-state index contributed by atoms with van der Waals surface area (Å²) in [5.41, 5.74) is 1.69. The van der Waals surface area contributed by atoms with Gasteiger partial charge in [0, 0.05) is 10.0 Å². The van der Waals surface area contributed by atoms with Gasteiger partial charge in [-0.25, -0.2) is 0 Å². The van der Waals surface area contributed by atoms with Gasteiger partial charge in [-0.15, -0.1) is 0 Å². The van der Waals surface area contributed by atoms with Crippen molar-refractivity contribution in [2.75, 3.05) is 6.61 Å². The van der Waals surface area contributed by atoms with E-state index in [1.807, 2.05) is 55.5 Å². The molecule has 92 valence electrons. The van der Waals surface area contributed by atoms with Crippen LogP contribution < -0.4 is 4.74 Å². The molecule has 0 saturated carbocycles. The number of rotatable bonds is 4. The third kappa shape index (κ3) is 3.20. The summed E-state index contributed by atoms with van der Waals surface area (Å²) in [6, 6.07) is 15.0. The molecule has 3 heteroatoms. The second-order valence-electron chi connectivity index (χ2n) is 3.98. The third-order valence-corrected chi connectivity index (χ3v) is 3.10. The van der Waals surface area contributed by atoms with Crippen molar-refractivity contribution in [3.8, 4) is 5.75 Å². The Bertz CT molecular complexity index is 564. The normalized spacial score (nSPS) is 10.1. The number of aryl methyl sites for hydroxylation is 1. The fourth-order valence-electron chi connectivity index (χ4n) is 1.67. The fraction of sp³-hybridized carbons (Fsp3) is 0.133. The Hall–Kier alpha value is -1.61. The van der Waals surface area contributed by atoms with E-state index in [0.29, 0.717) is 11.3 Å². The van der Waals surface area contributed by atoms with Gasteiger partial charge in [0.1, 0.15) is 5.75 Å². The van der Waals surface area contributed by atoms with Crippen molar-refractivity contribution in [3.05, 3.63) is 64.1 Å². The molecule has 0 N–H and O–H groups in total. The topological polar surface area (TPSA) is 26.3 Å². The highest BCUT2D eigenvalue weighted by molar-refractivity contribution is 9.10. The van der Waals surface area contributed by atoms with Crippen LogP contribution in [0.5, 0.6) is 5.75 Å². The van der Waals surface area contributed by atoms with Crippen molar-refractivity contribution >= 4 is 21.7 Å². The van der Waals surface area contributed by atoms with E-state index in [-0.39, 0.29) is 12.4 Å². The quantitative estimate of drug-likeness (QED) is 0.798. The summed E-state index contributed by atoms with van der Waals surface area (Å²) in [6.45, 7) is 1.98. The Kier molecular flexibility index (Phi) is 4.15. The smallest absolute Gasteiger partial charge is 0.200 e. The Morgan fingerprint density at radius 2 is 1.94 bits per heavy atom. The Morgan fingerprint density at radius 3 is 2.67 bits per heavy atom. The Morgan fingerprint density at radius 1 is 1.17 bits per heavy atom. The molecule has 0 fully saturated rings. The lowest BCUT2D eigenvalue weighted by molar-refractivity contribution is 0.0921. The summed E-state index contributed by atoms with van der Waals surface area (Å²) >= 11 is 3.36. The first-order valence-electron chi connectivity index (χ1n) is 5.64. The van der Waals surface area contributed by atoms with Gasteiger partial charge in [0.15, 0.2) is 12.4 Å². The lowest BCUT2D eigenvalue weighted by atomic mass is 10.1. The van der Waals surface area contributed by atoms with Crippen LogP contribution in [0.2, 0.25) is 0 Å². The molecule has 0 heterocycles.